The molecule has 5 heteroatoms. The molecule has 0 saturated carbocycles. The summed E-state index contributed by atoms with van der Waals surface area (Å²) < 4.78 is 33.6. The van der Waals surface area contributed by atoms with Crippen molar-refractivity contribution in [2.75, 3.05) is 0 Å². The summed E-state index contributed by atoms with van der Waals surface area (Å²) in [5, 5.41) is 0. The van der Waals surface area contributed by atoms with Crippen LogP contribution in [0.25, 0.3) is 11.1 Å². The van der Waals surface area contributed by atoms with Crippen molar-refractivity contribution >= 4 is 27.0 Å². The fourth-order valence-electron chi connectivity index (χ4n) is 2.23. The molecule has 0 spiro atoms. The molecule has 0 aliphatic rings. The van der Waals surface area contributed by atoms with Crippen molar-refractivity contribution in [2.24, 2.45) is 0 Å². The lowest BCUT2D eigenvalue weighted by atomic mass is 10.0. The molecule has 0 fully saturated rings. The number of oxazole rings is 1. The molecular weight excluding hydrogens is 340 g/mol. The van der Waals surface area contributed by atoms with Crippen LogP contribution in [0.15, 0.2) is 40.8 Å². The number of rotatable bonds is 3. The minimum absolute atomic E-state index is 0.0113. The van der Waals surface area contributed by atoms with Gasteiger partial charge in [0.05, 0.1) is 4.83 Å². The van der Waals surface area contributed by atoms with Crippen LogP contribution in [0.2, 0.25) is 0 Å². The van der Waals surface area contributed by atoms with Gasteiger partial charge >= 0.3 is 0 Å². The Kier molecular flexibility index (Phi) is 3.76. The van der Waals surface area contributed by atoms with Gasteiger partial charge in [0.2, 0.25) is 0 Å². The Morgan fingerprint density at radius 1 is 1.19 bits per heavy atom. The first-order valence-electron chi connectivity index (χ1n) is 6.49. The smallest absolute Gasteiger partial charge is 0.196 e. The second-order valence-corrected chi connectivity index (χ2v) is 5.94. The number of nitrogens with zero attached hydrogens (tertiary/aromatic N) is 1. The van der Waals surface area contributed by atoms with Crippen LogP contribution < -0.4 is 0 Å². The molecule has 3 aromatic rings. The summed E-state index contributed by atoms with van der Waals surface area (Å²) in [4.78, 5) is 3.78. The third kappa shape index (κ3) is 2.70. The Balaban J connectivity index is 1.93. The van der Waals surface area contributed by atoms with Crippen LogP contribution in [0.3, 0.4) is 0 Å². The first-order chi connectivity index (χ1) is 10.1. The summed E-state index contributed by atoms with van der Waals surface area (Å²) in [5.74, 6) is -0.664. The molecule has 2 aromatic carbocycles. The fraction of sp³-hybridized carbons (Fsp3) is 0.188. The van der Waals surface area contributed by atoms with Gasteiger partial charge < -0.3 is 4.42 Å². The van der Waals surface area contributed by atoms with Gasteiger partial charge in [-0.1, -0.05) is 34.1 Å². The number of aryl methyl sites for hydroxylation is 1. The number of benzene rings is 2. The van der Waals surface area contributed by atoms with E-state index in [1.165, 1.54) is 12.1 Å². The number of alkyl halides is 1. The number of fused-ring (bicyclic) bond motifs is 1. The first kappa shape index (κ1) is 14.2. The van der Waals surface area contributed by atoms with Gasteiger partial charge in [-0.05, 0) is 30.7 Å². The number of hydrogen-bond donors (Lipinski definition) is 0. The lowest BCUT2D eigenvalue weighted by molar-refractivity contribution is 0.509. The molecule has 0 saturated heterocycles. The van der Waals surface area contributed by atoms with Gasteiger partial charge in [-0.3, -0.25) is 0 Å². The predicted octanol–water partition coefficient (Wildman–Crippen LogP) is 5.09. The predicted molar refractivity (Wildman–Crippen MR) is 80.5 cm³/mol. The molecule has 1 aromatic heterocycles. The topological polar surface area (TPSA) is 26.0 Å². The van der Waals surface area contributed by atoms with Gasteiger partial charge in [-0.2, -0.15) is 0 Å². The Bertz CT molecular complexity index is 767. The number of aromatic nitrogens is 1. The normalized spacial score (nSPS) is 12.8. The van der Waals surface area contributed by atoms with Crippen molar-refractivity contribution in [2.45, 2.75) is 18.2 Å². The van der Waals surface area contributed by atoms with Gasteiger partial charge in [-0.15, -0.1) is 0 Å². The van der Waals surface area contributed by atoms with Crippen molar-refractivity contribution < 1.29 is 13.2 Å². The molecule has 0 bridgehead atoms. The average molecular weight is 352 g/mol. The zero-order valence-electron chi connectivity index (χ0n) is 11.2. The third-order valence-electron chi connectivity index (χ3n) is 3.32. The van der Waals surface area contributed by atoms with Gasteiger partial charge in [0.15, 0.2) is 11.5 Å². The van der Waals surface area contributed by atoms with Crippen molar-refractivity contribution in [1.82, 2.24) is 4.98 Å². The minimum atomic E-state index is -0.573. The lowest BCUT2D eigenvalue weighted by Crippen LogP contribution is -2.04. The van der Waals surface area contributed by atoms with E-state index in [4.69, 9.17) is 4.42 Å². The van der Waals surface area contributed by atoms with E-state index in [0.717, 1.165) is 5.52 Å². The maximum absolute atomic E-state index is 14.1. The van der Waals surface area contributed by atoms with Crippen molar-refractivity contribution in [3.05, 3.63) is 65.1 Å². The Labute approximate surface area is 128 Å². The largest absolute Gasteiger partial charge is 0.441 e. The summed E-state index contributed by atoms with van der Waals surface area (Å²) in [6.07, 6.45) is 0.270. The van der Waals surface area contributed by atoms with Crippen LogP contribution in [0, 0.1) is 18.6 Å². The highest BCUT2D eigenvalue weighted by Crippen LogP contribution is 2.32. The molecule has 0 radical (unpaired) electrons. The van der Waals surface area contributed by atoms with E-state index in [1.807, 2.05) is 24.3 Å². The molecule has 0 aliphatic carbocycles. The molecule has 2 nitrogen and oxygen atoms in total. The van der Waals surface area contributed by atoms with E-state index in [9.17, 15) is 8.78 Å². The number of halogens is 3. The van der Waals surface area contributed by atoms with Gasteiger partial charge in [-0.25, -0.2) is 13.8 Å². The van der Waals surface area contributed by atoms with E-state index in [2.05, 4.69) is 20.9 Å². The lowest BCUT2D eigenvalue weighted by Gasteiger charge is -2.12. The maximum Gasteiger partial charge on any atom is 0.196 e. The fourth-order valence-corrected chi connectivity index (χ4v) is 2.92. The highest BCUT2D eigenvalue weighted by Gasteiger charge is 2.21. The van der Waals surface area contributed by atoms with Gasteiger partial charge in [0.1, 0.15) is 17.2 Å². The second kappa shape index (κ2) is 5.56. The third-order valence-corrected chi connectivity index (χ3v) is 4.11. The zero-order chi connectivity index (χ0) is 15.0. The van der Waals surface area contributed by atoms with Crippen LogP contribution in [0.5, 0.6) is 0 Å². The molecule has 1 unspecified atom stereocenters. The molecule has 21 heavy (non-hydrogen) atoms. The molecule has 3 rings (SSSR count). The molecular formula is C16H12BrF2NO. The van der Waals surface area contributed by atoms with Crippen LogP contribution >= 0.6 is 15.9 Å². The summed E-state index contributed by atoms with van der Waals surface area (Å²) in [6, 6.07) is 10.0. The second-order valence-electron chi connectivity index (χ2n) is 4.84. The summed E-state index contributed by atoms with van der Waals surface area (Å²) in [6.45, 7) is 1.61. The average Bonchev–Trinajstić information content (AvgIpc) is 2.85. The van der Waals surface area contributed by atoms with Crippen molar-refractivity contribution in [3.63, 3.8) is 0 Å². The van der Waals surface area contributed by atoms with Gasteiger partial charge in [0, 0.05) is 12.0 Å². The SMILES string of the molecule is Cc1ccc(F)c(C(Br)Cc2nc3ccccc3o2)c1F. The summed E-state index contributed by atoms with van der Waals surface area (Å²) in [7, 11) is 0. The van der Waals surface area contributed by atoms with E-state index in [0.29, 0.717) is 17.0 Å². The molecule has 1 atom stereocenters. The van der Waals surface area contributed by atoms with Crippen molar-refractivity contribution in [3.8, 4) is 0 Å². The quantitative estimate of drug-likeness (QED) is 0.614. The molecule has 0 N–H and O–H groups in total. The number of para-hydroxylation sites is 2. The highest BCUT2D eigenvalue weighted by molar-refractivity contribution is 9.09. The Morgan fingerprint density at radius 2 is 1.95 bits per heavy atom. The molecule has 108 valence electrons. The Hall–Kier alpha value is -1.75. The molecule has 1 heterocycles. The van der Waals surface area contributed by atoms with Crippen LogP contribution in [0.1, 0.15) is 21.8 Å². The first-order valence-corrected chi connectivity index (χ1v) is 7.41. The van der Waals surface area contributed by atoms with Crippen LogP contribution in [-0.2, 0) is 6.42 Å². The van der Waals surface area contributed by atoms with Crippen LogP contribution in [0.4, 0.5) is 8.78 Å². The summed E-state index contributed by atoms with van der Waals surface area (Å²) in [5.41, 5.74) is 1.82. The van der Waals surface area contributed by atoms with E-state index in [1.54, 1.807) is 6.92 Å². The molecule has 0 aliphatic heterocycles. The summed E-state index contributed by atoms with van der Waals surface area (Å²) >= 11 is 3.34. The van der Waals surface area contributed by atoms with E-state index >= 15 is 0 Å². The van der Waals surface area contributed by atoms with Crippen molar-refractivity contribution in [1.29, 1.82) is 0 Å². The van der Waals surface area contributed by atoms with E-state index < -0.39 is 16.5 Å². The monoisotopic (exact) mass is 351 g/mol. The zero-order valence-corrected chi connectivity index (χ0v) is 12.8. The standard InChI is InChI=1S/C16H12BrF2NO/c1-9-6-7-11(18)15(16(9)19)10(17)8-14-20-12-4-2-3-5-13(12)21-14/h2-7,10H,8H2,1H3. The Morgan fingerprint density at radius 3 is 2.71 bits per heavy atom. The van der Waals surface area contributed by atoms with Gasteiger partial charge in [0.25, 0.3) is 0 Å². The van der Waals surface area contributed by atoms with E-state index in [-0.39, 0.29) is 12.0 Å². The number of hydrogen-bond acceptors (Lipinski definition) is 2. The van der Waals surface area contributed by atoms with Crippen LogP contribution in [-0.4, -0.2) is 4.98 Å². The maximum atomic E-state index is 14.1. The highest BCUT2D eigenvalue weighted by atomic mass is 79.9. The minimum Gasteiger partial charge on any atom is -0.441 e. The molecule has 0 amide bonds.